The molecule has 1 aromatic carbocycles. The Balaban J connectivity index is 0.00000135. The highest BCUT2D eigenvalue weighted by molar-refractivity contribution is 6.17. The molecule has 1 unspecified atom stereocenters. The lowest BCUT2D eigenvalue weighted by Crippen LogP contribution is -1.99. The van der Waals surface area contributed by atoms with Gasteiger partial charge in [0.1, 0.15) is 11.9 Å². The predicted molar refractivity (Wildman–Crippen MR) is 96.7 cm³/mol. The molecule has 0 fully saturated rings. The highest BCUT2D eigenvalue weighted by Crippen LogP contribution is 2.21. The number of benzene rings is 1. The van der Waals surface area contributed by atoms with Gasteiger partial charge in [-0.1, -0.05) is 25.1 Å². The van der Waals surface area contributed by atoms with E-state index in [9.17, 15) is 0 Å². The second kappa shape index (κ2) is 13.3. The lowest BCUT2D eigenvalue weighted by Gasteiger charge is -2.13. The molecule has 0 N–H and O–H groups in total. The SMILES string of the molecule is C=CC.CC/C(C)=C/OC(C)c1ccc(OCCCCl)cc1. The standard InChI is InChI=1S/C16H23ClO2.C3H6/c1-4-13(2)12-19-14(3)15-6-8-16(9-7-15)18-11-5-10-17;1-3-2/h6-9,12,14H,4-5,10-11H2,1-3H3;3H,1H2,2H3/b13-12+;. The fraction of sp³-hybridized carbons (Fsp3) is 0.474. The first-order valence-corrected chi connectivity index (χ1v) is 8.29. The summed E-state index contributed by atoms with van der Waals surface area (Å²) < 4.78 is 11.3. The van der Waals surface area contributed by atoms with Crippen molar-refractivity contribution in [3.63, 3.8) is 0 Å². The highest BCUT2D eigenvalue weighted by Gasteiger charge is 2.05. The lowest BCUT2D eigenvalue weighted by atomic mass is 10.1. The van der Waals surface area contributed by atoms with Crippen molar-refractivity contribution in [1.29, 1.82) is 0 Å². The van der Waals surface area contributed by atoms with Gasteiger partial charge in [0.15, 0.2) is 0 Å². The van der Waals surface area contributed by atoms with Gasteiger partial charge in [-0.15, -0.1) is 18.2 Å². The zero-order valence-corrected chi connectivity index (χ0v) is 15.0. The van der Waals surface area contributed by atoms with E-state index in [1.807, 2.05) is 44.4 Å². The van der Waals surface area contributed by atoms with Gasteiger partial charge in [0.25, 0.3) is 0 Å². The van der Waals surface area contributed by atoms with Crippen LogP contribution in [0.1, 0.15) is 52.2 Å². The third-order valence-electron chi connectivity index (χ3n) is 2.93. The minimum absolute atomic E-state index is 0.0541. The Morgan fingerprint density at radius 1 is 1.32 bits per heavy atom. The van der Waals surface area contributed by atoms with Gasteiger partial charge in [-0.25, -0.2) is 0 Å². The van der Waals surface area contributed by atoms with Crippen molar-refractivity contribution in [2.45, 2.75) is 46.6 Å². The number of ether oxygens (including phenoxy) is 2. The highest BCUT2D eigenvalue weighted by atomic mass is 35.5. The van der Waals surface area contributed by atoms with Gasteiger partial charge in [0.2, 0.25) is 0 Å². The molecule has 0 saturated heterocycles. The van der Waals surface area contributed by atoms with E-state index in [-0.39, 0.29) is 6.10 Å². The molecule has 0 aliphatic rings. The molecule has 0 heterocycles. The lowest BCUT2D eigenvalue weighted by molar-refractivity contribution is 0.161. The van der Waals surface area contributed by atoms with E-state index in [4.69, 9.17) is 21.1 Å². The molecule has 0 spiro atoms. The average Bonchev–Trinajstić information content (AvgIpc) is 2.54. The third-order valence-corrected chi connectivity index (χ3v) is 3.19. The quantitative estimate of drug-likeness (QED) is 0.242. The van der Waals surface area contributed by atoms with Crippen molar-refractivity contribution in [3.8, 4) is 5.75 Å². The van der Waals surface area contributed by atoms with Gasteiger partial charge in [0.05, 0.1) is 12.9 Å². The van der Waals surface area contributed by atoms with Crippen molar-refractivity contribution in [3.05, 3.63) is 54.3 Å². The van der Waals surface area contributed by atoms with Crippen molar-refractivity contribution in [2.75, 3.05) is 12.5 Å². The first kappa shape index (κ1) is 20.6. The van der Waals surface area contributed by atoms with Crippen LogP contribution in [0.3, 0.4) is 0 Å². The van der Waals surface area contributed by atoms with Crippen LogP contribution in [-0.4, -0.2) is 12.5 Å². The summed E-state index contributed by atoms with van der Waals surface area (Å²) in [7, 11) is 0. The minimum Gasteiger partial charge on any atom is -0.494 e. The number of rotatable bonds is 8. The van der Waals surface area contributed by atoms with Gasteiger partial charge in [0, 0.05) is 5.88 Å². The van der Waals surface area contributed by atoms with Crippen molar-refractivity contribution < 1.29 is 9.47 Å². The van der Waals surface area contributed by atoms with Gasteiger partial charge < -0.3 is 9.47 Å². The Hall–Kier alpha value is -1.41. The average molecular weight is 325 g/mol. The van der Waals surface area contributed by atoms with Crippen LogP contribution in [0, 0.1) is 0 Å². The maximum absolute atomic E-state index is 5.70. The molecule has 2 nitrogen and oxygen atoms in total. The van der Waals surface area contributed by atoms with Gasteiger partial charge in [-0.05, 0) is 56.9 Å². The molecule has 1 atom stereocenters. The number of hydrogen-bond donors (Lipinski definition) is 0. The first-order valence-electron chi connectivity index (χ1n) is 7.75. The molecule has 0 amide bonds. The summed E-state index contributed by atoms with van der Waals surface area (Å²) >= 11 is 5.60. The van der Waals surface area contributed by atoms with E-state index in [2.05, 4.69) is 20.4 Å². The molecule has 22 heavy (non-hydrogen) atoms. The van der Waals surface area contributed by atoms with Crippen LogP contribution in [0.15, 0.2) is 48.8 Å². The van der Waals surface area contributed by atoms with Gasteiger partial charge in [-0.2, -0.15) is 0 Å². The van der Waals surface area contributed by atoms with E-state index < -0.39 is 0 Å². The van der Waals surface area contributed by atoms with Crippen LogP contribution in [0.25, 0.3) is 0 Å². The fourth-order valence-electron chi connectivity index (χ4n) is 1.46. The Bertz CT molecular complexity index is 424. The van der Waals surface area contributed by atoms with E-state index in [1.54, 1.807) is 6.08 Å². The predicted octanol–water partition coefficient (Wildman–Crippen LogP) is 6.28. The third kappa shape index (κ3) is 9.51. The summed E-state index contributed by atoms with van der Waals surface area (Å²) in [5.41, 5.74) is 2.39. The molecule has 0 aromatic heterocycles. The fourth-order valence-corrected chi connectivity index (χ4v) is 1.57. The van der Waals surface area contributed by atoms with Gasteiger partial charge in [-0.3, -0.25) is 0 Å². The van der Waals surface area contributed by atoms with Crippen molar-refractivity contribution >= 4 is 11.6 Å². The van der Waals surface area contributed by atoms with Crippen LogP contribution < -0.4 is 4.74 Å². The number of alkyl halides is 1. The maximum atomic E-state index is 5.70. The molecule has 3 heteroatoms. The number of halogens is 1. The molecule has 0 aliphatic heterocycles. The van der Waals surface area contributed by atoms with Gasteiger partial charge >= 0.3 is 0 Å². The zero-order valence-electron chi connectivity index (χ0n) is 14.3. The second-order valence-electron chi connectivity index (χ2n) is 4.96. The monoisotopic (exact) mass is 324 g/mol. The van der Waals surface area contributed by atoms with E-state index >= 15 is 0 Å². The summed E-state index contributed by atoms with van der Waals surface area (Å²) in [5.74, 6) is 1.51. The largest absolute Gasteiger partial charge is 0.494 e. The minimum atomic E-state index is 0.0541. The van der Waals surface area contributed by atoms with Crippen LogP contribution in [-0.2, 0) is 4.74 Å². The smallest absolute Gasteiger partial charge is 0.120 e. The Morgan fingerprint density at radius 2 is 1.91 bits per heavy atom. The van der Waals surface area contributed by atoms with E-state index in [0.29, 0.717) is 12.5 Å². The normalized spacial score (nSPS) is 12.0. The van der Waals surface area contributed by atoms with Crippen LogP contribution in [0.2, 0.25) is 0 Å². The summed E-state index contributed by atoms with van der Waals surface area (Å²) in [5, 5.41) is 0. The van der Waals surface area contributed by atoms with Crippen LogP contribution in [0.4, 0.5) is 0 Å². The summed E-state index contributed by atoms with van der Waals surface area (Å²) in [6.45, 7) is 12.1. The summed E-state index contributed by atoms with van der Waals surface area (Å²) in [6, 6.07) is 8.02. The zero-order chi connectivity index (χ0) is 16.8. The number of allylic oxidation sites excluding steroid dienone is 2. The summed E-state index contributed by atoms with van der Waals surface area (Å²) in [4.78, 5) is 0. The molecule has 0 aliphatic carbocycles. The second-order valence-corrected chi connectivity index (χ2v) is 5.34. The molecule has 0 saturated carbocycles. The van der Waals surface area contributed by atoms with Crippen LogP contribution in [0.5, 0.6) is 5.75 Å². The number of hydrogen-bond acceptors (Lipinski definition) is 2. The van der Waals surface area contributed by atoms with Crippen molar-refractivity contribution in [2.24, 2.45) is 0 Å². The topological polar surface area (TPSA) is 18.5 Å². The van der Waals surface area contributed by atoms with E-state index in [1.165, 1.54) is 5.57 Å². The molecule has 124 valence electrons. The molecule has 0 radical (unpaired) electrons. The molecular formula is C19H29ClO2. The molecule has 1 rings (SSSR count). The summed E-state index contributed by atoms with van der Waals surface area (Å²) in [6.07, 6.45) is 5.53. The van der Waals surface area contributed by atoms with Crippen LogP contribution >= 0.6 is 11.6 Å². The Labute approximate surface area is 140 Å². The first-order chi connectivity index (χ1) is 10.6. The van der Waals surface area contributed by atoms with Crippen molar-refractivity contribution in [1.82, 2.24) is 0 Å². The molecule has 0 bridgehead atoms. The maximum Gasteiger partial charge on any atom is 0.120 e. The Morgan fingerprint density at radius 3 is 2.41 bits per heavy atom. The Kier molecular flexibility index (Phi) is 12.4. The molecular weight excluding hydrogens is 296 g/mol. The molecule has 1 aromatic rings. The van der Waals surface area contributed by atoms with E-state index in [0.717, 1.165) is 24.2 Å².